The smallest absolute Gasteiger partial charge is 0.241 e. The van der Waals surface area contributed by atoms with Crippen molar-refractivity contribution in [3.63, 3.8) is 0 Å². The van der Waals surface area contributed by atoms with Gasteiger partial charge in [-0.1, -0.05) is 12.1 Å². The van der Waals surface area contributed by atoms with E-state index in [-0.39, 0.29) is 34.6 Å². The van der Waals surface area contributed by atoms with Gasteiger partial charge in [-0.2, -0.15) is 17.6 Å². The van der Waals surface area contributed by atoms with E-state index in [0.29, 0.717) is 29.2 Å². The molecule has 5 aromatic rings. The van der Waals surface area contributed by atoms with Crippen LogP contribution in [0.4, 0.5) is 17.6 Å². The van der Waals surface area contributed by atoms with Gasteiger partial charge >= 0.3 is 0 Å². The Bertz CT molecular complexity index is 1920. The minimum atomic E-state index is -1.33. The van der Waals surface area contributed by atoms with Crippen LogP contribution < -0.4 is 18.9 Å². The summed E-state index contributed by atoms with van der Waals surface area (Å²) in [6, 6.07) is 11.1. The SMILES string of the molecule is COc1ccc(Oc2cc(Oc3ccc(OC)c(F)c3F)c3ncc(-c4ccc(C(=O)CC5CC5)c(C)c4)n3n2)c(F)c1F. The zero-order valence-electron chi connectivity index (χ0n) is 23.8. The Morgan fingerprint density at radius 3 is 2.00 bits per heavy atom. The second kappa shape index (κ2) is 11.5. The zero-order valence-corrected chi connectivity index (χ0v) is 23.8. The third-order valence-corrected chi connectivity index (χ3v) is 7.30. The maximum absolute atomic E-state index is 14.9. The molecule has 1 aliphatic rings. The lowest BCUT2D eigenvalue weighted by Gasteiger charge is -2.13. The number of Topliss-reactive ketones (excluding diaryl/α,β-unsaturated/α-hetero) is 1. The third kappa shape index (κ3) is 5.38. The summed E-state index contributed by atoms with van der Waals surface area (Å²) in [4.78, 5) is 17.1. The van der Waals surface area contributed by atoms with Gasteiger partial charge in [-0.3, -0.25) is 4.79 Å². The van der Waals surface area contributed by atoms with E-state index in [0.717, 1.165) is 30.5 Å². The van der Waals surface area contributed by atoms with E-state index in [9.17, 15) is 22.4 Å². The number of hydrogen-bond acceptors (Lipinski definition) is 7. The number of aryl methyl sites for hydroxylation is 1. The van der Waals surface area contributed by atoms with Crippen molar-refractivity contribution in [3.8, 4) is 45.9 Å². The average Bonchev–Trinajstić information content (AvgIpc) is 3.72. The molecular formula is C32H25F4N3O5. The van der Waals surface area contributed by atoms with Gasteiger partial charge < -0.3 is 18.9 Å². The normalized spacial score (nSPS) is 12.8. The molecule has 6 rings (SSSR count). The molecule has 12 heteroatoms. The van der Waals surface area contributed by atoms with Crippen LogP contribution in [0.1, 0.15) is 35.2 Å². The number of ether oxygens (including phenoxy) is 4. The van der Waals surface area contributed by atoms with Crippen LogP contribution in [0.5, 0.6) is 34.6 Å². The third-order valence-electron chi connectivity index (χ3n) is 7.30. The van der Waals surface area contributed by atoms with Crippen LogP contribution in [-0.4, -0.2) is 34.6 Å². The van der Waals surface area contributed by atoms with Crippen LogP contribution in [-0.2, 0) is 0 Å². The van der Waals surface area contributed by atoms with Crippen molar-refractivity contribution in [3.05, 3.63) is 89.1 Å². The van der Waals surface area contributed by atoms with Crippen LogP contribution in [0.3, 0.4) is 0 Å². The van der Waals surface area contributed by atoms with Crippen molar-refractivity contribution in [1.82, 2.24) is 14.6 Å². The number of fused-ring (bicyclic) bond motifs is 1. The van der Waals surface area contributed by atoms with E-state index >= 15 is 0 Å². The molecule has 0 unspecified atom stereocenters. The Morgan fingerprint density at radius 2 is 1.41 bits per heavy atom. The summed E-state index contributed by atoms with van der Waals surface area (Å²) >= 11 is 0. The topological polar surface area (TPSA) is 84.2 Å². The van der Waals surface area contributed by atoms with Crippen LogP contribution in [0.15, 0.2) is 54.7 Å². The summed E-state index contributed by atoms with van der Waals surface area (Å²) in [6.07, 6.45) is 4.10. The predicted molar refractivity (Wildman–Crippen MR) is 151 cm³/mol. The second-order valence-electron chi connectivity index (χ2n) is 10.3. The number of rotatable bonds is 10. The molecule has 2 aromatic heterocycles. The van der Waals surface area contributed by atoms with Gasteiger partial charge in [-0.05, 0) is 61.6 Å². The average molecular weight is 608 g/mol. The lowest BCUT2D eigenvalue weighted by molar-refractivity contribution is 0.0975. The summed E-state index contributed by atoms with van der Waals surface area (Å²) in [5.41, 5.74) is 2.48. The fourth-order valence-corrected chi connectivity index (χ4v) is 4.80. The Labute approximate surface area is 248 Å². The highest BCUT2D eigenvalue weighted by atomic mass is 19.2. The number of ketones is 1. The van der Waals surface area contributed by atoms with Gasteiger partial charge in [0.05, 0.1) is 26.1 Å². The maximum Gasteiger partial charge on any atom is 0.241 e. The van der Waals surface area contributed by atoms with Crippen LogP contribution in [0, 0.1) is 36.1 Å². The predicted octanol–water partition coefficient (Wildman–Crippen LogP) is 7.85. The number of methoxy groups -OCH3 is 2. The van der Waals surface area contributed by atoms with Gasteiger partial charge in [-0.25, -0.2) is 9.50 Å². The molecule has 8 nitrogen and oxygen atoms in total. The van der Waals surface area contributed by atoms with Crippen LogP contribution in [0.25, 0.3) is 16.9 Å². The maximum atomic E-state index is 14.9. The van der Waals surface area contributed by atoms with Crippen molar-refractivity contribution in [1.29, 1.82) is 0 Å². The molecule has 1 aliphatic carbocycles. The Kier molecular flexibility index (Phi) is 7.58. The molecular weight excluding hydrogens is 582 g/mol. The minimum absolute atomic E-state index is 0.0710. The molecule has 0 amide bonds. The number of imidazole rings is 1. The number of halogens is 4. The summed E-state index contributed by atoms with van der Waals surface area (Å²) in [5, 5.41) is 4.40. The quantitative estimate of drug-likeness (QED) is 0.118. The highest BCUT2D eigenvalue weighted by molar-refractivity contribution is 5.98. The van der Waals surface area contributed by atoms with Gasteiger partial charge in [0.15, 0.2) is 40.2 Å². The zero-order chi connectivity index (χ0) is 31.1. The molecule has 0 saturated heterocycles. The molecule has 1 fully saturated rings. The summed E-state index contributed by atoms with van der Waals surface area (Å²) in [5.74, 6) is -6.75. The molecule has 226 valence electrons. The fraction of sp³-hybridized carbons (Fsp3) is 0.219. The van der Waals surface area contributed by atoms with Crippen molar-refractivity contribution in [2.45, 2.75) is 26.2 Å². The Balaban J connectivity index is 1.44. The molecule has 0 spiro atoms. The number of carbonyl (C=O) groups excluding carboxylic acids is 1. The highest BCUT2D eigenvalue weighted by Gasteiger charge is 2.26. The Hall–Kier alpha value is -5.13. The van der Waals surface area contributed by atoms with Gasteiger partial charge in [0.2, 0.25) is 29.1 Å². The molecule has 0 aliphatic heterocycles. The monoisotopic (exact) mass is 607 g/mol. The lowest BCUT2D eigenvalue weighted by atomic mass is 9.98. The first-order chi connectivity index (χ1) is 21.2. The van der Waals surface area contributed by atoms with E-state index in [2.05, 4.69) is 10.1 Å². The van der Waals surface area contributed by atoms with Crippen molar-refractivity contribution in [2.75, 3.05) is 14.2 Å². The van der Waals surface area contributed by atoms with Crippen LogP contribution >= 0.6 is 0 Å². The van der Waals surface area contributed by atoms with E-state index < -0.39 is 34.8 Å². The lowest BCUT2D eigenvalue weighted by Crippen LogP contribution is -2.04. The van der Waals surface area contributed by atoms with Gasteiger partial charge in [0, 0.05) is 23.6 Å². The van der Waals surface area contributed by atoms with E-state index in [4.69, 9.17) is 18.9 Å². The number of carbonyl (C=O) groups is 1. The van der Waals surface area contributed by atoms with Crippen molar-refractivity contribution in [2.24, 2.45) is 5.92 Å². The summed E-state index contributed by atoms with van der Waals surface area (Å²) < 4.78 is 80.8. The van der Waals surface area contributed by atoms with E-state index in [1.54, 1.807) is 18.2 Å². The molecule has 44 heavy (non-hydrogen) atoms. The molecule has 0 N–H and O–H groups in total. The van der Waals surface area contributed by atoms with E-state index in [1.165, 1.54) is 43.1 Å². The molecule has 1 saturated carbocycles. The molecule has 0 atom stereocenters. The summed E-state index contributed by atoms with van der Waals surface area (Å²) in [7, 11) is 2.38. The largest absolute Gasteiger partial charge is 0.494 e. The first-order valence-electron chi connectivity index (χ1n) is 13.6. The highest BCUT2D eigenvalue weighted by Crippen LogP contribution is 2.38. The molecule has 3 aromatic carbocycles. The number of aromatic nitrogens is 3. The molecule has 0 radical (unpaired) electrons. The molecule has 0 bridgehead atoms. The second-order valence-corrected chi connectivity index (χ2v) is 10.3. The van der Waals surface area contributed by atoms with E-state index in [1.807, 2.05) is 6.92 Å². The number of nitrogens with zero attached hydrogens (tertiary/aromatic N) is 3. The van der Waals surface area contributed by atoms with Crippen LogP contribution in [0.2, 0.25) is 0 Å². The standard InChI is InChI=1S/C32H25F4N3O5/c1-16-12-18(6-7-19(16)21(40)13-17-4-5-17)20-15-37-32-26(43-24-10-8-22(41-2)28(33)30(24)35)14-27(38-39(20)32)44-25-11-9-23(42-3)29(34)31(25)36/h6-12,14-15,17H,4-5,13H2,1-3H3. The van der Waals surface area contributed by atoms with Crippen molar-refractivity contribution >= 4 is 11.4 Å². The molecule has 2 heterocycles. The number of benzene rings is 3. The minimum Gasteiger partial charge on any atom is -0.494 e. The summed E-state index contributed by atoms with van der Waals surface area (Å²) in [6.45, 7) is 1.82. The fourth-order valence-electron chi connectivity index (χ4n) is 4.80. The van der Waals surface area contributed by atoms with Crippen molar-refractivity contribution < 1.29 is 41.3 Å². The first-order valence-corrected chi connectivity index (χ1v) is 13.6. The van der Waals surface area contributed by atoms with Gasteiger partial charge in [0.1, 0.15) is 0 Å². The van der Waals surface area contributed by atoms with Gasteiger partial charge in [0.25, 0.3) is 0 Å². The number of hydrogen-bond donors (Lipinski definition) is 0. The Morgan fingerprint density at radius 1 is 0.818 bits per heavy atom. The first kappa shape index (κ1) is 29.0. The van der Waals surface area contributed by atoms with Gasteiger partial charge in [-0.15, -0.1) is 5.10 Å².